The maximum Gasteiger partial charge on any atom is 0.161 e. The van der Waals surface area contributed by atoms with Crippen molar-refractivity contribution in [3.8, 4) is 11.5 Å². The molecule has 1 aromatic rings. The van der Waals surface area contributed by atoms with Crippen molar-refractivity contribution in [3.05, 3.63) is 23.8 Å². The predicted octanol–water partition coefficient (Wildman–Crippen LogP) is 0.838. The van der Waals surface area contributed by atoms with Gasteiger partial charge in [-0.3, -0.25) is 0 Å². The summed E-state index contributed by atoms with van der Waals surface area (Å²) in [6.45, 7) is 2.88. The number of nitrogens with two attached hydrogens (primary N) is 1. The minimum atomic E-state index is -0.666. The monoisotopic (exact) mass is 209 g/mol. The highest BCUT2D eigenvalue weighted by molar-refractivity contribution is 5.44. The van der Waals surface area contributed by atoms with Crippen LogP contribution in [0.3, 0.4) is 0 Å². The number of aliphatic hydroxyl groups is 1. The fourth-order valence-corrected chi connectivity index (χ4v) is 1.55. The summed E-state index contributed by atoms with van der Waals surface area (Å²) in [6.07, 6.45) is -0.666. The van der Waals surface area contributed by atoms with Gasteiger partial charge >= 0.3 is 0 Å². The maximum absolute atomic E-state index is 9.78. The van der Waals surface area contributed by atoms with Crippen molar-refractivity contribution in [2.24, 2.45) is 5.73 Å². The Bertz CT molecular complexity index is 352. The third-order valence-corrected chi connectivity index (χ3v) is 2.41. The number of ether oxygens (including phenoxy) is 2. The molecule has 0 aliphatic carbocycles. The van der Waals surface area contributed by atoms with Gasteiger partial charge in [0, 0.05) is 6.04 Å². The Morgan fingerprint density at radius 1 is 1.27 bits per heavy atom. The van der Waals surface area contributed by atoms with Crippen molar-refractivity contribution in [1.82, 2.24) is 0 Å². The standard InChI is InChI=1S/C11H15NO3/c1-7(12)11(13)8-2-3-9-10(6-8)15-5-4-14-9/h2-3,6-7,11,13H,4-5,12H2,1H3. The SMILES string of the molecule is CC(N)C(O)c1ccc2c(c1)OCCO2. The van der Waals surface area contributed by atoms with Crippen LogP contribution in [0.4, 0.5) is 0 Å². The fourth-order valence-electron chi connectivity index (χ4n) is 1.55. The summed E-state index contributed by atoms with van der Waals surface area (Å²) in [5.74, 6) is 1.40. The van der Waals surface area contributed by atoms with Crippen LogP contribution >= 0.6 is 0 Å². The summed E-state index contributed by atoms with van der Waals surface area (Å²) in [5, 5.41) is 9.78. The zero-order valence-electron chi connectivity index (χ0n) is 8.64. The van der Waals surface area contributed by atoms with E-state index in [9.17, 15) is 5.11 Å². The molecule has 0 aromatic heterocycles. The van der Waals surface area contributed by atoms with Gasteiger partial charge in [-0.25, -0.2) is 0 Å². The summed E-state index contributed by atoms with van der Waals surface area (Å²) in [6, 6.07) is 5.09. The number of aliphatic hydroxyl groups excluding tert-OH is 1. The van der Waals surface area contributed by atoms with E-state index < -0.39 is 6.10 Å². The molecule has 82 valence electrons. The molecule has 0 saturated carbocycles. The van der Waals surface area contributed by atoms with Gasteiger partial charge in [0.15, 0.2) is 11.5 Å². The number of hydrogen-bond acceptors (Lipinski definition) is 4. The van der Waals surface area contributed by atoms with Crippen LogP contribution in [0.25, 0.3) is 0 Å². The first-order chi connectivity index (χ1) is 7.18. The minimum Gasteiger partial charge on any atom is -0.486 e. The Morgan fingerprint density at radius 2 is 1.93 bits per heavy atom. The van der Waals surface area contributed by atoms with Gasteiger partial charge < -0.3 is 20.3 Å². The van der Waals surface area contributed by atoms with Crippen LogP contribution in [-0.4, -0.2) is 24.4 Å². The van der Waals surface area contributed by atoms with E-state index in [-0.39, 0.29) is 6.04 Å². The maximum atomic E-state index is 9.78. The minimum absolute atomic E-state index is 0.299. The third kappa shape index (κ3) is 2.06. The average Bonchev–Trinajstić information content (AvgIpc) is 2.27. The molecule has 4 nitrogen and oxygen atoms in total. The van der Waals surface area contributed by atoms with Crippen LogP contribution in [0.1, 0.15) is 18.6 Å². The highest BCUT2D eigenvalue weighted by Gasteiger charge is 2.17. The molecule has 0 amide bonds. The van der Waals surface area contributed by atoms with Crippen molar-refractivity contribution >= 4 is 0 Å². The number of hydrogen-bond donors (Lipinski definition) is 2. The molecular formula is C11H15NO3. The van der Waals surface area contributed by atoms with Crippen LogP contribution < -0.4 is 15.2 Å². The zero-order chi connectivity index (χ0) is 10.8. The van der Waals surface area contributed by atoms with Crippen LogP contribution in [0.5, 0.6) is 11.5 Å². The average molecular weight is 209 g/mol. The molecule has 2 rings (SSSR count). The normalized spacial score (nSPS) is 18.3. The summed E-state index contributed by atoms with van der Waals surface area (Å²) in [7, 11) is 0. The lowest BCUT2D eigenvalue weighted by Crippen LogP contribution is -2.24. The molecule has 4 heteroatoms. The van der Waals surface area contributed by atoms with Gasteiger partial charge in [0.25, 0.3) is 0 Å². The van der Waals surface area contributed by atoms with Gasteiger partial charge in [0.05, 0.1) is 6.10 Å². The lowest BCUT2D eigenvalue weighted by molar-refractivity contribution is 0.149. The van der Waals surface area contributed by atoms with Crippen LogP contribution in [0.2, 0.25) is 0 Å². The van der Waals surface area contributed by atoms with Gasteiger partial charge in [0.1, 0.15) is 13.2 Å². The van der Waals surface area contributed by atoms with Gasteiger partial charge in [-0.2, -0.15) is 0 Å². The Hall–Kier alpha value is -1.26. The van der Waals surface area contributed by atoms with Gasteiger partial charge in [-0.1, -0.05) is 6.07 Å². The number of rotatable bonds is 2. The molecule has 0 radical (unpaired) electrons. The third-order valence-electron chi connectivity index (χ3n) is 2.41. The highest BCUT2D eigenvalue weighted by Crippen LogP contribution is 2.32. The van der Waals surface area contributed by atoms with E-state index in [1.54, 1.807) is 19.1 Å². The molecule has 3 N–H and O–H groups in total. The van der Waals surface area contributed by atoms with Crippen LogP contribution in [-0.2, 0) is 0 Å². The van der Waals surface area contributed by atoms with E-state index in [4.69, 9.17) is 15.2 Å². The van der Waals surface area contributed by atoms with Gasteiger partial charge in [0.2, 0.25) is 0 Å². The summed E-state index contributed by atoms with van der Waals surface area (Å²) in [5.41, 5.74) is 6.38. The zero-order valence-corrected chi connectivity index (χ0v) is 8.64. The van der Waals surface area contributed by atoms with Crippen molar-refractivity contribution in [1.29, 1.82) is 0 Å². The first kappa shape index (κ1) is 10.3. The van der Waals surface area contributed by atoms with E-state index in [1.807, 2.05) is 6.07 Å². The van der Waals surface area contributed by atoms with E-state index in [0.29, 0.717) is 19.0 Å². The summed E-state index contributed by atoms with van der Waals surface area (Å²) in [4.78, 5) is 0. The van der Waals surface area contributed by atoms with Crippen LogP contribution in [0, 0.1) is 0 Å². The fraction of sp³-hybridized carbons (Fsp3) is 0.455. The second-order valence-corrected chi connectivity index (χ2v) is 3.71. The summed E-state index contributed by atoms with van der Waals surface area (Å²) < 4.78 is 10.8. The lowest BCUT2D eigenvalue weighted by atomic mass is 10.0. The molecule has 1 heterocycles. The molecule has 2 unspecified atom stereocenters. The van der Waals surface area contributed by atoms with E-state index in [0.717, 1.165) is 11.3 Å². The van der Waals surface area contributed by atoms with Crippen molar-refractivity contribution in [2.75, 3.05) is 13.2 Å². The topological polar surface area (TPSA) is 64.7 Å². The second kappa shape index (κ2) is 4.08. The van der Waals surface area contributed by atoms with Gasteiger partial charge in [-0.15, -0.1) is 0 Å². The van der Waals surface area contributed by atoms with E-state index in [1.165, 1.54) is 0 Å². The van der Waals surface area contributed by atoms with Crippen LogP contribution in [0.15, 0.2) is 18.2 Å². The molecule has 15 heavy (non-hydrogen) atoms. The first-order valence-electron chi connectivity index (χ1n) is 5.01. The largest absolute Gasteiger partial charge is 0.486 e. The second-order valence-electron chi connectivity index (χ2n) is 3.71. The molecule has 0 spiro atoms. The molecule has 0 fully saturated rings. The molecule has 1 aromatic carbocycles. The molecule has 1 aliphatic rings. The lowest BCUT2D eigenvalue weighted by Gasteiger charge is -2.21. The predicted molar refractivity (Wildman–Crippen MR) is 56.0 cm³/mol. The molecule has 1 aliphatic heterocycles. The van der Waals surface area contributed by atoms with Gasteiger partial charge in [-0.05, 0) is 24.6 Å². The smallest absolute Gasteiger partial charge is 0.161 e. The number of benzene rings is 1. The van der Waals surface area contributed by atoms with Crippen molar-refractivity contribution in [2.45, 2.75) is 19.1 Å². The Labute approximate surface area is 88.6 Å². The Kier molecular flexibility index (Phi) is 2.79. The Morgan fingerprint density at radius 3 is 2.60 bits per heavy atom. The first-order valence-corrected chi connectivity index (χ1v) is 5.01. The highest BCUT2D eigenvalue weighted by atomic mass is 16.6. The number of fused-ring (bicyclic) bond motifs is 1. The van der Waals surface area contributed by atoms with E-state index >= 15 is 0 Å². The molecular weight excluding hydrogens is 194 g/mol. The molecule has 2 atom stereocenters. The van der Waals surface area contributed by atoms with E-state index in [2.05, 4.69) is 0 Å². The quantitative estimate of drug-likeness (QED) is 0.757. The molecule has 0 bridgehead atoms. The van der Waals surface area contributed by atoms with Crippen molar-refractivity contribution in [3.63, 3.8) is 0 Å². The Balaban J connectivity index is 2.27. The summed E-state index contributed by atoms with van der Waals surface area (Å²) >= 11 is 0. The molecule has 0 saturated heterocycles. The van der Waals surface area contributed by atoms with Crippen molar-refractivity contribution < 1.29 is 14.6 Å².